The number of ether oxygens (including phenoxy) is 2. The van der Waals surface area contributed by atoms with Crippen LogP contribution in [-0.2, 0) is 13.0 Å². The zero-order chi connectivity index (χ0) is 19.8. The van der Waals surface area contributed by atoms with Crippen LogP contribution in [-0.4, -0.2) is 43.3 Å². The lowest BCUT2D eigenvalue weighted by atomic mass is 10.1. The Morgan fingerprint density at radius 1 is 1.04 bits per heavy atom. The summed E-state index contributed by atoms with van der Waals surface area (Å²) in [5.74, 6) is 1.10. The highest BCUT2D eigenvalue weighted by molar-refractivity contribution is 5.87. The van der Waals surface area contributed by atoms with Crippen molar-refractivity contribution in [2.45, 2.75) is 26.8 Å². The van der Waals surface area contributed by atoms with Crippen LogP contribution in [0.2, 0.25) is 0 Å². The van der Waals surface area contributed by atoms with E-state index in [0.29, 0.717) is 11.5 Å². The molecule has 0 saturated carbocycles. The molecule has 2 rings (SSSR count). The number of hydrogen-bond acceptors (Lipinski definition) is 4. The third-order valence-corrected chi connectivity index (χ3v) is 4.37. The predicted molar refractivity (Wildman–Crippen MR) is 107 cm³/mol. The van der Waals surface area contributed by atoms with E-state index in [1.165, 1.54) is 5.56 Å². The van der Waals surface area contributed by atoms with Gasteiger partial charge in [0.2, 0.25) is 0 Å². The van der Waals surface area contributed by atoms with Crippen molar-refractivity contribution in [1.29, 1.82) is 0 Å². The number of rotatable bonds is 10. The van der Waals surface area contributed by atoms with E-state index in [1.54, 1.807) is 32.4 Å². The number of carboxylic acid groups (broad SMARTS) is 1. The second kappa shape index (κ2) is 9.97. The molecule has 27 heavy (non-hydrogen) atoms. The normalized spacial score (nSPS) is 11.0. The Hall–Kier alpha value is -2.53. The lowest BCUT2D eigenvalue weighted by Crippen LogP contribution is -2.29. The second-order valence-electron chi connectivity index (χ2n) is 7.07. The molecule has 0 heterocycles. The zero-order valence-electron chi connectivity index (χ0n) is 16.6. The summed E-state index contributed by atoms with van der Waals surface area (Å²) in [7, 11) is 3.27. The predicted octanol–water partition coefficient (Wildman–Crippen LogP) is 4.10. The van der Waals surface area contributed by atoms with E-state index < -0.39 is 5.97 Å². The highest BCUT2D eigenvalue weighted by atomic mass is 16.5. The Morgan fingerprint density at radius 3 is 2.41 bits per heavy atom. The fraction of sp³-hybridized carbons (Fsp3) is 0.409. The molecule has 0 bridgehead atoms. The van der Waals surface area contributed by atoms with Crippen LogP contribution < -0.4 is 9.47 Å². The van der Waals surface area contributed by atoms with Gasteiger partial charge in [-0.3, -0.25) is 4.90 Å². The highest BCUT2D eigenvalue weighted by Gasteiger charge is 2.12. The Bertz CT molecular complexity index is 758. The van der Waals surface area contributed by atoms with Crippen molar-refractivity contribution >= 4 is 5.97 Å². The van der Waals surface area contributed by atoms with Crippen LogP contribution in [0.1, 0.15) is 35.3 Å². The maximum Gasteiger partial charge on any atom is 0.335 e. The first kappa shape index (κ1) is 20.8. The van der Waals surface area contributed by atoms with E-state index in [2.05, 4.69) is 24.8 Å². The molecule has 2 aromatic rings. The molecule has 0 aliphatic rings. The van der Waals surface area contributed by atoms with Gasteiger partial charge in [0.1, 0.15) is 0 Å². The summed E-state index contributed by atoms with van der Waals surface area (Å²) in [4.78, 5) is 13.6. The molecule has 0 atom stereocenters. The highest BCUT2D eigenvalue weighted by Crippen LogP contribution is 2.27. The molecule has 0 fully saturated rings. The van der Waals surface area contributed by atoms with Crippen molar-refractivity contribution in [3.8, 4) is 11.5 Å². The van der Waals surface area contributed by atoms with Crippen LogP contribution in [0.3, 0.4) is 0 Å². The molecule has 0 saturated heterocycles. The van der Waals surface area contributed by atoms with Gasteiger partial charge in [-0.1, -0.05) is 32.0 Å². The second-order valence-corrected chi connectivity index (χ2v) is 7.07. The molecular weight excluding hydrogens is 342 g/mol. The van der Waals surface area contributed by atoms with E-state index in [9.17, 15) is 9.90 Å². The maximum absolute atomic E-state index is 11.2. The van der Waals surface area contributed by atoms with Crippen molar-refractivity contribution in [3.05, 3.63) is 59.2 Å². The summed E-state index contributed by atoms with van der Waals surface area (Å²) in [6, 6.07) is 13.2. The number of hydrogen-bond donors (Lipinski definition) is 1. The van der Waals surface area contributed by atoms with Crippen LogP contribution >= 0.6 is 0 Å². The van der Waals surface area contributed by atoms with Gasteiger partial charge in [0.15, 0.2) is 11.5 Å². The number of nitrogens with zero attached hydrogens (tertiary/aromatic N) is 1. The number of carbonyl (C=O) groups is 1. The summed E-state index contributed by atoms with van der Waals surface area (Å²) >= 11 is 0. The summed E-state index contributed by atoms with van der Waals surface area (Å²) < 4.78 is 10.7. The molecule has 2 aromatic carbocycles. The van der Waals surface area contributed by atoms with Crippen molar-refractivity contribution in [2.75, 3.05) is 27.3 Å². The largest absolute Gasteiger partial charge is 0.493 e. The topological polar surface area (TPSA) is 59.0 Å². The van der Waals surface area contributed by atoms with Crippen molar-refractivity contribution in [1.82, 2.24) is 4.90 Å². The Kier molecular flexibility index (Phi) is 7.67. The van der Waals surface area contributed by atoms with Crippen LogP contribution in [0, 0.1) is 5.92 Å². The number of benzene rings is 2. The third-order valence-electron chi connectivity index (χ3n) is 4.37. The van der Waals surface area contributed by atoms with E-state index in [4.69, 9.17) is 9.47 Å². The van der Waals surface area contributed by atoms with Gasteiger partial charge < -0.3 is 14.6 Å². The van der Waals surface area contributed by atoms with Crippen LogP contribution in [0.4, 0.5) is 0 Å². The van der Waals surface area contributed by atoms with Gasteiger partial charge in [0, 0.05) is 19.6 Å². The van der Waals surface area contributed by atoms with E-state index in [-0.39, 0.29) is 0 Å². The van der Waals surface area contributed by atoms with Crippen LogP contribution in [0.25, 0.3) is 0 Å². The minimum Gasteiger partial charge on any atom is -0.493 e. The Balaban J connectivity index is 2.08. The van der Waals surface area contributed by atoms with E-state index >= 15 is 0 Å². The SMILES string of the molecule is COc1ccc(CCN(Cc2cccc(C(=O)O)c2)CC(C)C)cc1OC. The van der Waals surface area contributed by atoms with Gasteiger partial charge >= 0.3 is 5.97 Å². The van der Waals surface area contributed by atoms with Crippen molar-refractivity contribution in [2.24, 2.45) is 5.92 Å². The van der Waals surface area contributed by atoms with Crippen molar-refractivity contribution < 1.29 is 19.4 Å². The summed E-state index contributed by atoms with van der Waals surface area (Å²) in [6.07, 6.45) is 0.881. The molecule has 0 aliphatic carbocycles. The summed E-state index contributed by atoms with van der Waals surface area (Å²) in [6.45, 7) is 6.94. The molecule has 1 N–H and O–H groups in total. The van der Waals surface area contributed by atoms with Gasteiger partial charge in [-0.25, -0.2) is 4.79 Å². The minimum absolute atomic E-state index is 0.330. The fourth-order valence-corrected chi connectivity index (χ4v) is 3.14. The molecule has 146 valence electrons. The van der Waals surface area contributed by atoms with Gasteiger partial charge in [-0.2, -0.15) is 0 Å². The maximum atomic E-state index is 11.2. The lowest BCUT2D eigenvalue weighted by molar-refractivity contribution is 0.0696. The molecule has 5 heteroatoms. The Labute approximate surface area is 161 Å². The van der Waals surface area contributed by atoms with E-state index in [0.717, 1.165) is 43.1 Å². The minimum atomic E-state index is -0.891. The monoisotopic (exact) mass is 371 g/mol. The third kappa shape index (κ3) is 6.29. The molecule has 0 amide bonds. The zero-order valence-corrected chi connectivity index (χ0v) is 16.6. The van der Waals surface area contributed by atoms with Gasteiger partial charge in [-0.05, 0) is 47.7 Å². The first-order chi connectivity index (χ1) is 12.9. The smallest absolute Gasteiger partial charge is 0.335 e. The van der Waals surface area contributed by atoms with Crippen molar-refractivity contribution in [3.63, 3.8) is 0 Å². The molecule has 0 radical (unpaired) electrons. The van der Waals surface area contributed by atoms with E-state index in [1.807, 2.05) is 18.2 Å². The summed E-state index contributed by atoms with van der Waals surface area (Å²) in [5.41, 5.74) is 2.53. The molecule has 0 aliphatic heterocycles. The molecular formula is C22H29NO4. The summed E-state index contributed by atoms with van der Waals surface area (Å²) in [5, 5.41) is 9.20. The quantitative estimate of drug-likeness (QED) is 0.681. The molecule has 0 unspecified atom stereocenters. The van der Waals surface area contributed by atoms with Crippen LogP contribution in [0.5, 0.6) is 11.5 Å². The first-order valence-corrected chi connectivity index (χ1v) is 9.18. The number of methoxy groups -OCH3 is 2. The first-order valence-electron chi connectivity index (χ1n) is 9.18. The van der Waals surface area contributed by atoms with Gasteiger partial charge in [0.05, 0.1) is 19.8 Å². The molecule has 0 spiro atoms. The fourth-order valence-electron chi connectivity index (χ4n) is 3.14. The average molecular weight is 371 g/mol. The molecule has 0 aromatic heterocycles. The average Bonchev–Trinajstić information content (AvgIpc) is 2.65. The Morgan fingerprint density at radius 2 is 1.78 bits per heavy atom. The van der Waals surface area contributed by atoms with Crippen LogP contribution in [0.15, 0.2) is 42.5 Å². The number of aromatic carboxylic acids is 1. The molecule has 5 nitrogen and oxygen atoms in total. The lowest BCUT2D eigenvalue weighted by Gasteiger charge is -2.24. The standard InChI is InChI=1S/C22H29NO4/c1-16(2)14-23(15-18-6-5-7-19(12-18)22(24)25)11-10-17-8-9-20(26-3)21(13-17)27-4/h5-9,12-13,16H,10-11,14-15H2,1-4H3,(H,24,25). The van der Waals surface area contributed by atoms with Gasteiger partial charge in [-0.15, -0.1) is 0 Å². The van der Waals surface area contributed by atoms with Gasteiger partial charge in [0.25, 0.3) is 0 Å². The number of carboxylic acids is 1.